The summed E-state index contributed by atoms with van der Waals surface area (Å²) in [5, 5.41) is 20.0. The SMILES string of the molecule is CCOc1cc(C=Nc2sc3c(c2C#N)CC[C@@H](C(C)(C)C)C3)ccc1OCc1ccccc1C#N. The molecule has 36 heavy (non-hydrogen) atoms. The fraction of sp³-hybridized carbons (Fsp3) is 0.367. The van der Waals surface area contributed by atoms with Crippen LogP contribution in [0.15, 0.2) is 47.5 Å². The average molecular weight is 498 g/mol. The van der Waals surface area contributed by atoms with Crippen LogP contribution in [0.25, 0.3) is 0 Å². The Kier molecular flexibility index (Phi) is 7.77. The van der Waals surface area contributed by atoms with Crippen LogP contribution in [0.1, 0.15) is 66.8 Å². The summed E-state index contributed by atoms with van der Waals surface area (Å²) in [6, 6.07) is 17.7. The summed E-state index contributed by atoms with van der Waals surface area (Å²) in [5.41, 5.74) is 4.46. The number of benzene rings is 2. The van der Waals surface area contributed by atoms with Crippen molar-refractivity contribution in [1.29, 1.82) is 10.5 Å². The van der Waals surface area contributed by atoms with E-state index in [1.54, 1.807) is 23.6 Å². The normalized spacial score (nSPS) is 15.2. The molecule has 0 spiro atoms. The number of ether oxygens (including phenoxy) is 2. The second-order valence-corrected chi connectivity index (χ2v) is 11.1. The van der Waals surface area contributed by atoms with E-state index >= 15 is 0 Å². The van der Waals surface area contributed by atoms with Crippen LogP contribution >= 0.6 is 11.3 Å². The Labute approximate surface area is 217 Å². The van der Waals surface area contributed by atoms with Crippen molar-refractivity contribution in [3.8, 4) is 23.6 Å². The van der Waals surface area contributed by atoms with Crippen molar-refractivity contribution in [2.45, 2.75) is 53.6 Å². The van der Waals surface area contributed by atoms with Gasteiger partial charge in [-0.25, -0.2) is 4.99 Å². The average Bonchev–Trinajstić information content (AvgIpc) is 3.23. The lowest BCUT2D eigenvalue weighted by atomic mass is 9.72. The molecule has 0 unspecified atom stereocenters. The van der Waals surface area contributed by atoms with E-state index in [0.29, 0.717) is 29.6 Å². The molecule has 5 nitrogen and oxygen atoms in total. The third kappa shape index (κ3) is 5.61. The zero-order chi connectivity index (χ0) is 25.7. The highest BCUT2D eigenvalue weighted by Gasteiger charge is 2.32. The summed E-state index contributed by atoms with van der Waals surface area (Å²) in [6.07, 6.45) is 4.87. The molecular weight excluding hydrogens is 466 g/mol. The van der Waals surface area contributed by atoms with Gasteiger partial charge in [-0.1, -0.05) is 39.0 Å². The first-order valence-electron chi connectivity index (χ1n) is 12.3. The van der Waals surface area contributed by atoms with E-state index in [4.69, 9.17) is 14.5 Å². The zero-order valence-corrected chi connectivity index (χ0v) is 22.1. The topological polar surface area (TPSA) is 78.4 Å². The van der Waals surface area contributed by atoms with Gasteiger partial charge >= 0.3 is 0 Å². The molecule has 0 saturated heterocycles. The Morgan fingerprint density at radius 1 is 1.08 bits per heavy atom. The van der Waals surface area contributed by atoms with Gasteiger partial charge in [0.2, 0.25) is 0 Å². The molecule has 1 heterocycles. The van der Waals surface area contributed by atoms with E-state index in [1.807, 2.05) is 43.3 Å². The summed E-state index contributed by atoms with van der Waals surface area (Å²) in [4.78, 5) is 6.03. The number of nitriles is 2. The minimum atomic E-state index is 0.258. The number of aliphatic imine (C=N–C) groups is 1. The molecule has 1 aromatic heterocycles. The first-order valence-corrected chi connectivity index (χ1v) is 13.1. The number of nitrogens with zero attached hydrogens (tertiary/aromatic N) is 3. The van der Waals surface area contributed by atoms with E-state index in [-0.39, 0.29) is 12.0 Å². The lowest BCUT2D eigenvalue weighted by Gasteiger charge is -2.33. The lowest BCUT2D eigenvalue weighted by molar-refractivity contribution is 0.218. The maximum absolute atomic E-state index is 9.85. The Balaban J connectivity index is 1.55. The van der Waals surface area contributed by atoms with Crippen LogP contribution in [0.3, 0.4) is 0 Å². The molecule has 0 bridgehead atoms. The van der Waals surface area contributed by atoms with Crippen molar-refractivity contribution in [3.05, 3.63) is 75.2 Å². The molecule has 0 saturated carbocycles. The van der Waals surface area contributed by atoms with Crippen LogP contribution in [-0.2, 0) is 19.4 Å². The molecule has 0 aliphatic heterocycles. The highest BCUT2D eigenvalue weighted by Crippen LogP contribution is 2.45. The highest BCUT2D eigenvalue weighted by molar-refractivity contribution is 7.16. The Morgan fingerprint density at radius 3 is 2.61 bits per heavy atom. The zero-order valence-electron chi connectivity index (χ0n) is 21.3. The van der Waals surface area contributed by atoms with Crippen molar-refractivity contribution in [2.24, 2.45) is 16.3 Å². The predicted molar refractivity (Wildman–Crippen MR) is 144 cm³/mol. The molecule has 4 rings (SSSR count). The van der Waals surface area contributed by atoms with Gasteiger partial charge in [-0.15, -0.1) is 11.3 Å². The maximum atomic E-state index is 9.85. The van der Waals surface area contributed by atoms with Gasteiger partial charge in [0.05, 0.1) is 23.8 Å². The largest absolute Gasteiger partial charge is 0.490 e. The fourth-order valence-electron chi connectivity index (χ4n) is 4.55. The second kappa shape index (κ2) is 11.0. The first kappa shape index (κ1) is 25.5. The third-order valence-electron chi connectivity index (χ3n) is 6.70. The van der Waals surface area contributed by atoms with Gasteiger partial charge in [0.15, 0.2) is 11.5 Å². The number of thiophene rings is 1. The molecule has 0 N–H and O–H groups in total. The van der Waals surface area contributed by atoms with Gasteiger partial charge in [-0.3, -0.25) is 0 Å². The number of hydrogen-bond donors (Lipinski definition) is 0. The standard InChI is InChI=1S/C30H31N3O2S/c1-5-34-27-14-20(10-13-26(27)35-19-22-9-7-6-8-21(22)16-31)18-33-29-25(17-32)24-12-11-23(30(2,3)4)15-28(24)36-29/h6-10,13-14,18,23H,5,11-12,15,19H2,1-4H3/t23-/m1/s1. The van der Waals surface area contributed by atoms with E-state index in [0.717, 1.165) is 41.0 Å². The van der Waals surface area contributed by atoms with Crippen LogP contribution in [0.2, 0.25) is 0 Å². The molecule has 1 atom stereocenters. The van der Waals surface area contributed by atoms with E-state index in [1.165, 1.54) is 10.4 Å². The number of fused-ring (bicyclic) bond motifs is 1. The van der Waals surface area contributed by atoms with Crippen molar-refractivity contribution in [2.75, 3.05) is 6.61 Å². The smallest absolute Gasteiger partial charge is 0.161 e. The second-order valence-electron chi connectivity index (χ2n) is 10.1. The van der Waals surface area contributed by atoms with Gasteiger partial charge < -0.3 is 9.47 Å². The number of hydrogen-bond acceptors (Lipinski definition) is 6. The van der Waals surface area contributed by atoms with Crippen LogP contribution in [0.5, 0.6) is 11.5 Å². The Bertz CT molecular complexity index is 1350. The van der Waals surface area contributed by atoms with Gasteiger partial charge in [0.25, 0.3) is 0 Å². The minimum absolute atomic E-state index is 0.258. The summed E-state index contributed by atoms with van der Waals surface area (Å²) in [6.45, 7) is 9.59. The third-order valence-corrected chi connectivity index (χ3v) is 7.87. The van der Waals surface area contributed by atoms with Gasteiger partial charge in [0, 0.05) is 16.7 Å². The van der Waals surface area contributed by atoms with E-state index in [2.05, 4.69) is 32.9 Å². The molecule has 0 fully saturated rings. The molecule has 0 radical (unpaired) electrons. The van der Waals surface area contributed by atoms with Crippen molar-refractivity contribution >= 4 is 22.6 Å². The summed E-state index contributed by atoms with van der Waals surface area (Å²) < 4.78 is 11.8. The van der Waals surface area contributed by atoms with E-state index < -0.39 is 0 Å². The van der Waals surface area contributed by atoms with Gasteiger partial charge in [-0.05, 0) is 72.9 Å². The van der Waals surface area contributed by atoms with Crippen molar-refractivity contribution in [1.82, 2.24) is 0 Å². The molecule has 2 aromatic carbocycles. The molecule has 1 aliphatic rings. The number of rotatable bonds is 7. The summed E-state index contributed by atoms with van der Waals surface area (Å²) in [7, 11) is 0. The van der Waals surface area contributed by atoms with Crippen LogP contribution < -0.4 is 9.47 Å². The van der Waals surface area contributed by atoms with Gasteiger partial charge in [-0.2, -0.15) is 10.5 Å². The summed E-state index contributed by atoms with van der Waals surface area (Å²) >= 11 is 1.65. The highest BCUT2D eigenvalue weighted by atomic mass is 32.1. The van der Waals surface area contributed by atoms with Crippen LogP contribution in [0, 0.1) is 34.0 Å². The van der Waals surface area contributed by atoms with Crippen LogP contribution in [-0.4, -0.2) is 12.8 Å². The molecule has 3 aromatic rings. The Hall–Kier alpha value is -3.61. The van der Waals surface area contributed by atoms with Crippen molar-refractivity contribution in [3.63, 3.8) is 0 Å². The molecule has 6 heteroatoms. The Morgan fingerprint density at radius 2 is 1.89 bits per heavy atom. The molecule has 0 amide bonds. The lowest BCUT2D eigenvalue weighted by Crippen LogP contribution is -2.26. The quantitative estimate of drug-likeness (QED) is 0.319. The van der Waals surface area contributed by atoms with Crippen LogP contribution in [0.4, 0.5) is 5.00 Å². The molecule has 184 valence electrons. The van der Waals surface area contributed by atoms with E-state index in [9.17, 15) is 10.5 Å². The maximum Gasteiger partial charge on any atom is 0.161 e. The van der Waals surface area contributed by atoms with Crippen molar-refractivity contribution < 1.29 is 9.47 Å². The minimum Gasteiger partial charge on any atom is -0.490 e. The van der Waals surface area contributed by atoms with Gasteiger partial charge in [0.1, 0.15) is 17.7 Å². The molecular formula is C30H31N3O2S. The first-order chi connectivity index (χ1) is 17.3. The monoisotopic (exact) mass is 497 g/mol. The fourth-order valence-corrected chi connectivity index (χ4v) is 5.77. The summed E-state index contributed by atoms with van der Waals surface area (Å²) in [5.74, 6) is 1.85. The molecule has 1 aliphatic carbocycles. The predicted octanol–water partition coefficient (Wildman–Crippen LogP) is 7.37.